The smallest absolute Gasteiger partial charge is 0.252 e. The third kappa shape index (κ3) is 6.02. The van der Waals surface area contributed by atoms with Crippen molar-refractivity contribution >= 4 is 17.7 Å². The predicted molar refractivity (Wildman–Crippen MR) is 123 cm³/mol. The molecule has 2 atom stereocenters. The minimum Gasteiger partial charge on any atom is -0.497 e. The van der Waals surface area contributed by atoms with Crippen LogP contribution in [-0.2, 0) is 9.59 Å². The van der Waals surface area contributed by atoms with E-state index in [1.807, 2.05) is 18.7 Å². The minimum absolute atomic E-state index is 0.0127. The quantitative estimate of drug-likeness (QED) is 0.646. The van der Waals surface area contributed by atoms with Crippen LogP contribution in [-0.4, -0.2) is 54.9 Å². The topological polar surface area (TPSA) is 87.7 Å². The van der Waals surface area contributed by atoms with Gasteiger partial charge in [-0.25, -0.2) is 0 Å². The van der Waals surface area contributed by atoms with Crippen molar-refractivity contribution in [3.8, 4) is 5.75 Å². The number of nitrogens with zero attached hydrogens (tertiary/aromatic N) is 1. The summed E-state index contributed by atoms with van der Waals surface area (Å²) in [5.74, 6) is 0.567. The second-order valence-electron chi connectivity index (χ2n) is 9.15. The van der Waals surface area contributed by atoms with Crippen LogP contribution in [0.2, 0.25) is 0 Å². The molecule has 1 saturated heterocycles. The molecule has 3 rings (SSSR count). The van der Waals surface area contributed by atoms with Crippen molar-refractivity contribution in [1.29, 1.82) is 0 Å². The largest absolute Gasteiger partial charge is 0.497 e. The lowest BCUT2D eigenvalue weighted by molar-refractivity contribution is -0.137. The lowest BCUT2D eigenvalue weighted by atomic mass is 9.87. The van der Waals surface area contributed by atoms with Gasteiger partial charge < -0.3 is 20.3 Å². The van der Waals surface area contributed by atoms with Gasteiger partial charge in [-0.15, -0.1) is 0 Å². The molecule has 0 unspecified atom stereocenters. The molecular formula is C25H37N3O4. The molecular weight excluding hydrogens is 406 g/mol. The van der Waals surface area contributed by atoms with Gasteiger partial charge in [-0.2, -0.15) is 0 Å². The number of piperidine rings is 1. The van der Waals surface area contributed by atoms with Gasteiger partial charge in [-0.3, -0.25) is 14.4 Å². The van der Waals surface area contributed by atoms with Gasteiger partial charge in [0.1, 0.15) is 11.8 Å². The summed E-state index contributed by atoms with van der Waals surface area (Å²) in [6, 6.07) is 6.32. The fraction of sp³-hybridized carbons (Fsp3) is 0.640. The number of benzene rings is 1. The number of likely N-dealkylation sites (tertiary alicyclic amines) is 1. The molecule has 7 nitrogen and oxygen atoms in total. The monoisotopic (exact) mass is 443 g/mol. The Labute approximate surface area is 191 Å². The second kappa shape index (κ2) is 11.3. The highest BCUT2D eigenvalue weighted by Gasteiger charge is 2.36. The number of methoxy groups -OCH3 is 1. The Morgan fingerprint density at radius 3 is 2.41 bits per heavy atom. The molecule has 7 heteroatoms. The number of nitrogens with one attached hydrogen (secondary N) is 2. The molecule has 1 saturated carbocycles. The third-order valence-corrected chi connectivity index (χ3v) is 6.93. The summed E-state index contributed by atoms with van der Waals surface area (Å²) in [6.07, 6.45) is 6.49. The molecule has 2 N–H and O–H groups in total. The molecule has 176 valence electrons. The Morgan fingerprint density at radius 2 is 1.78 bits per heavy atom. The molecule has 1 aromatic rings. The van der Waals surface area contributed by atoms with Crippen LogP contribution in [0.25, 0.3) is 0 Å². The Morgan fingerprint density at radius 1 is 1.09 bits per heavy atom. The number of ether oxygens (including phenoxy) is 1. The second-order valence-corrected chi connectivity index (χ2v) is 9.15. The van der Waals surface area contributed by atoms with Crippen LogP contribution in [0.1, 0.15) is 69.2 Å². The van der Waals surface area contributed by atoms with Crippen molar-refractivity contribution in [2.45, 2.75) is 70.9 Å². The maximum absolute atomic E-state index is 13.1. The van der Waals surface area contributed by atoms with Crippen LogP contribution >= 0.6 is 0 Å². The summed E-state index contributed by atoms with van der Waals surface area (Å²) in [7, 11) is 1.56. The first-order valence-electron chi connectivity index (χ1n) is 12.0. The van der Waals surface area contributed by atoms with Crippen molar-refractivity contribution in [1.82, 2.24) is 15.5 Å². The van der Waals surface area contributed by atoms with E-state index in [0.717, 1.165) is 32.1 Å². The molecule has 2 fully saturated rings. The molecule has 1 heterocycles. The van der Waals surface area contributed by atoms with E-state index < -0.39 is 6.04 Å². The van der Waals surface area contributed by atoms with Crippen molar-refractivity contribution < 1.29 is 19.1 Å². The minimum atomic E-state index is -0.633. The lowest BCUT2D eigenvalue weighted by Crippen LogP contribution is -2.55. The first-order valence-corrected chi connectivity index (χ1v) is 12.0. The number of amides is 3. The molecule has 1 aliphatic heterocycles. The van der Waals surface area contributed by atoms with Crippen molar-refractivity contribution in [3.05, 3.63) is 29.8 Å². The molecule has 0 bridgehead atoms. The van der Waals surface area contributed by atoms with E-state index in [0.29, 0.717) is 37.2 Å². The van der Waals surface area contributed by atoms with Crippen LogP contribution in [0.3, 0.4) is 0 Å². The van der Waals surface area contributed by atoms with Crippen LogP contribution in [0.4, 0.5) is 0 Å². The predicted octanol–water partition coefficient (Wildman–Crippen LogP) is 3.14. The molecule has 1 aromatic carbocycles. The number of rotatable bonds is 8. The first kappa shape index (κ1) is 24.1. The SMILES string of the molecule is CC[C@H](C)NC(=O)[C@H](NC(=O)c1cccc(OC)c1)C1CCN(C(=O)C2CCCC2)CC1. The Balaban J connectivity index is 1.68. The number of carbonyl (C=O) groups is 3. The normalized spacial score (nSPS) is 19.3. The maximum atomic E-state index is 13.1. The zero-order valence-electron chi connectivity index (χ0n) is 19.6. The van der Waals surface area contributed by atoms with Crippen molar-refractivity contribution in [2.24, 2.45) is 11.8 Å². The van der Waals surface area contributed by atoms with E-state index in [1.54, 1.807) is 31.4 Å². The summed E-state index contributed by atoms with van der Waals surface area (Å²) in [4.78, 5) is 40.8. The highest BCUT2D eigenvalue weighted by atomic mass is 16.5. The molecule has 32 heavy (non-hydrogen) atoms. The van der Waals surface area contributed by atoms with Gasteiger partial charge in [-0.05, 0) is 63.1 Å². The van der Waals surface area contributed by atoms with Gasteiger partial charge in [0.25, 0.3) is 5.91 Å². The average molecular weight is 444 g/mol. The summed E-state index contributed by atoms with van der Waals surface area (Å²) in [5.41, 5.74) is 0.458. The van der Waals surface area contributed by atoms with E-state index in [1.165, 1.54) is 0 Å². The van der Waals surface area contributed by atoms with Crippen molar-refractivity contribution in [2.75, 3.05) is 20.2 Å². The Bertz CT molecular complexity index is 798. The first-order chi connectivity index (χ1) is 15.4. The molecule has 0 radical (unpaired) electrons. The summed E-state index contributed by atoms with van der Waals surface area (Å²) in [5, 5.41) is 6.00. The fourth-order valence-corrected chi connectivity index (χ4v) is 4.71. The zero-order valence-corrected chi connectivity index (χ0v) is 19.6. The number of hydrogen-bond acceptors (Lipinski definition) is 4. The van der Waals surface area contributed by atoms with Gasteiger partial charge in [0.05, 0.1) is 7.11 Å². The zero-order chi connectivity index (χ0) is 23.1. The van der Waals surface area contributed by atoms with Crippen molar-refractivity contribution in [3.63, 3.8) is 0 Å². The average Bonchev–Trinajstić information content (AvgIpc) is 3.37. The summed E-state index contributed by atoms with van der Waals surface area (Å²) in [6.45, 7) is 5.26. The van der Waals surface area contributed by atoms with E-state index >= 15 is 0 Å². The van der Waals surface area contributed by atoms with Gasteiger partial charge in [-0.1, -0.05) is 25.8 Å². The molecule has 1 aliphatic carbocycles. The number of hydrogen-bond donors (Lipinski definition) is 2. The van der Waals surface area contributed by atoms with Gasteiger partial charge >= 0.3 is 0 Å². The summed E-state index contributed by atoms with van der Waals surface area (Å²) < 4.78 is 5.22. The molecule has 0 spiro atoms. The number of carbonyl (C=O) groups excluding carboxylic acids is 3. The highest BCUT2D eigenvalue weighted by molar-refractivity contribution is 5.98. The Hall–Kier alpha value is -2.57. The van der Waals surface area contributed by atoms with E-state index in [2.05, 4.69) is 10.6 Å². The molecule has 0 aromatic heterocycles. The van der Waals surface area contributed by atoms with E-state index in [9.17, 15) is 14.4 Å². The van der Waals surface area contributed by atoms with Crippen LogP contribution < -0.4 is 15.4 Å². The van der Waals surface area contributed by atoms with Gasteiger partial charge in [0.2, 0.25) is 11.8 Å². The van der Waals surface area contributed by atoms with Crippen LogP contribution in [0.5, 0.6) is 5.75 Å². The van der Waals surface area contributed by atoms with Crippen LogP contribution in [0, 0.1) is 11.8 Å². The fourth-order valence-electron chi connectivity index (χ4n) is 4.71. The van der Waals surface area contributed by atoms with Gasteiger partial charge in [0.15, 0.2) is 0 Å². The van der Waals surface area contributed by atoms with Crippen LogP contribution in [0.15, 0.2) is 24.3 Å². The molecule has 3 amide bonds. The third-order valence-electron chi connectivity index (χ3n) is 6.93. The maximum Gasteiger partial charge on any atom is 0.252 e. The van der Waals surface area contributed by atoms with E-state index in [-0.39, 0.29) is 35.6 Å². The van der Waals surface area contributed by atoms with Gasteiger partial charge in [0, 0.05) is 30.6 Å². The highest BCUT2D eigenvalue weighted by Crippen LogP contribution is 2.29. The molecule has 2 aliphatic rings. The lowest BCUT2D eigenvalue weighted by Gasteiger charge is -2.37. The summed E-state index contributed by atoms with van der Waals surface area (Å²) >= 11 is 0. The standard InChI is InChI=1S/C25H37N3O4/c1-4-17(2)26-24(30)22(27-23(29)20-10-7-11-21(16-20)32-3)18-12-14-28(15-13-18)25(31)19-8-5-6-9-19/h7,10-11,16-19,22H,4-6,8-9,12-15H2,1-3H3,(H,26,30)(H,27,29)/t17-,22+/m0/s1. The Kier molecular flexibility index (Phi) is 8.53. The van der Waals surface area contributed by atoms with E-state index in [4.69, 9.17) is 4.74 Å².